The fraction of sp³-hybridized carbons (Fsp3) is 0.600. The highest BCUT2D eigenvalue weighted by atomic mass is 28.4. The van der Waals surface area contributed by atoms with E-state index in [1.165, 1.54) is 0 Å². The third-order valence-electron chi connectivity index (χ3n) is 2.84. The van der Waals surface area contributed by atoms with Crippen LogP contribution in [0.25, 0.3) is 0 Å². The molecule has 1 aromatic rings. The summed E-state index contributed by atoms with van der Waals surface area (Å²) < 4.78 is 50.2. The molecule has 0 bridgehead atoms. The summed E-state index contributed by atoms with van der Waals surface area (Å²) in [6, 6.07) is 2.20. The van der Waals surface area contributed by atoms with E-state index in [9.17, 15) is 18.0 Å². The second-order valence-electron chi connectivity index (χ2n) is 5.77. The van der Waals surface area contributed by atoms with E-state index in [1.807, 2.05) is 0 Å². The first kappa shape index (κ1) is 19.2. The van der Waals surface area contributed by atoms with Gasteiger partial charge in [-0.05, 0) is 58.2 Å². The molecule has 0 heterocycles. The summed E-state index contributed by atoms with van der Waals surface area (Å²) in [5.41, 5.74) is 0.335. The van der Waals surface area contributed by atoms with Gasteiger partial charge in [-0.15, -0.1) is 0 Å². The lowest BCUT2D eigenvalue weighted by Gasteiger charge is -2.28. The van der Waals surface area contributed by atoms with Crippen LogP contribution in [-0.2, 0) is 15.3 Å². The summed E-state index contributed by atoms with van der Waals surface area (Å²) in [4.78, 5) is 10.5. The minimum absolute atomic E-state index is 0.184. The molecule has 1 N–H and O–H groups in total. The van der Waals surface area contributed by atoms with Crippen molar-refractivity contribution in [2.24, 2.45) is 0 Å². The number of halogens is 3. The maximum atomic E-state index is 13.1. The van der Waals surface area contributed by atoms with Crippen LogP contribution in [0.2, 0.25) is 6.04 Å². The van der Waals surface area contributed by atoms with Crippen LogP contribution in [0.1, 0.15) is 39.7 Å². The molecule has 0 aromatic heterocycles. The third kappa shape index (κ3) is 6.08. The predicted molar refractivity (Wildman–Crippen MR) is 79.9 cm³/mol. The Morgan fingerprint density at radius 2 is 1.45 bits per heavy atom. The van der Waals surface area contributed by atoms with Crippen molar-refractivity contribution in [1.29, 1.82) is 0 Å². The Labute approximate surface area is 130 Å². The molecule has 126 valence electrons. The van der Waals surface area contributed by atoms with Gasteiger partial charge in [0.05, 0.1) is 0 Å². The second-order valence-corrected chi connectivity index (χ2v) is 8.17. The fourth-order valence-electron chi connectivity index (χ4n) is 2.15. The minimum atomic E-state index is -3.33. The summed E-state index contributed by atoms with van der Waals surface area (Å²) in [6.45, 7) is 7.19. The number of hydrogen-bond donors (Lipinski definition) is 1. The molecule has 0 radical (unpaired) electrons. The summed E-state index contributed by atoms with van der Waals surface area (Å²) in [5.74, 6) is -3.89. The second kappa shape index (κ2) is 8.10. The van der Waals surface area contributed by atoms with Crippen LogP contribution >= 0.6 is 0 Å². The van der Waals surface area contributed by atoms with Crippen LogP contribution in [0, 0.1) is 17.5 Å². The monoisotopic (exact) mass is 336 g/mol. The van der Waals surface area contributed by atoms with E-state index >= 15 is 0 Å². The van der Waals surface area contributed by atoms with Crippen molar-refractivity contribution in [3.8, 4) is 0 Å². The van der Waals surface area contributed by atoms with Crippen molar-refractivity contribution in [1.82, 2.24) is 0 Å². The Kier molecular flexibility index (Phi) is 7.05. The highest BCUT2D eigenvalue weighted by molar-refractivity contribution is 6.59. The van der Waals surface area contributed by atoms with Crippen molar-refractivity contribution in [2.75, 3.05) is 0 Å². The molecule has 1 rings (SSSR count). The van der Waals surface area contributed by atoms with E-state index in [1.54, 1.807) is 27.7 Å². The average Bonchev–Trinajstić information content (AvgIpc) is 2.33. The molecule has 0 aliphatic carbocycles. The first-order valence-corrected chi connectivity index (χ1v) is 9.31. The zero-order valence-electron chi connectivity index (χ0n) is 13.3. The van der Waals surface area contributed by atoms with Gasteiger partial charge in [-0.3, -0.25) is 0 Å². The molecule has 0 aliphatic rings. The van der Waals surface area contributed by atoms with Gasteiger partial charge in [0.2, 0.25) is 0 Å². The minimum Gasteiger partial charge on any atom is -0.390 e. The van der Waals surface area contributed by atoms with Crippen molar-refractivity contribution in [2.45, 2.75) is 58.8 Å². The van der Waals surface area contributed by atoms with Gasteiger partial charge in [0.25, 0.3) is 0 Å². The zero-order valence-corrected chi connectivity index (χ0v) is 14.3. The van der Waals surface area contributed by atoms with Crippen LogP contribution in [0.3, 0.4) is 0 Å². The number of rotatable bonds is 8. The van der Waals surface area contributed by atoms with Gasteiger partial charge >= 0.3 is 8.80 Å². The normalized spacial score (nSPS) is 12.5. The van der Waals surface area contributed by atoms with Crippen LogP contribution in [-0.4, -0.2) is 25.8 Å². The first-order valence-electron chi connectivity index (χ1n) is 7.34. The molecule has 0 saturated carbocycles. The summed E-state index contributed by atoms with van der Waals surface area (Å²) in [7, 11) is -3.33. The average molecular weight is 336 g/mol. The quantitative estimate of drug-likeness (QED) is 0.579. The molecular weight excluding hydrogens is 313 g/mol. The Bertz CT molecular complexity index is 462. The third-order valence-corrected chi connectivity index (χ3v) is 5.51. The van der Waals surface area contributed by atoms with Crippen LogP contribution in [0.4, 0.5) is 13.2 Å². The largest absolute Gasteiger partial charge is 0.498 e. The van der Waals surface area contributed by atoms with Gasteiger partial charge in [-0.1, -0.05) is 0 Å². The summed E-state index contributed by atoms with van der Waals surface area (Å²) >= 11 is 0. The van der Waals surface area contributed by atoms with E-state index in [0.29, 0.717) is 18.4 Å². The lowest BCUT2D eigenvalue weighted by Crippen LogP contribution is -2.46. The van der Waals surface area contributed by atoms with E-state index in [0.717, 1.165) is 12.1 Å². The number of aryl methyl sites for hydroxylation is 1. The predicted octanol–water partition coefficient (Wildman–Crippen LogP) is 3.82. The maximum absolute atomic E-state index is 13.1. The van der Waals surface area contributed by atoms with E-state index < -0.39 is 26.3 Å². The standard InChI is InChI=1S/C15H23F3O3Si/c1-10(2)20-22(19,21-11(3)4)7-5-6-12-8-13(16)15(18)14(17)9-12/h8-11,19H,5-7H2,1-4H3. The summed E-state index contributed by atoms with van der Waals surface area (Å²) in [6.07, 6.45) is 0.353. The van der Waals surface area contributed by atoms with Crippen molar-refractivity contribution >= 4 is 8.80 Å². The fourth-order valence-corrected chi connectivity index (χ4v) is 4.54. The first-order chi connectivity index (χ1) is 10.1. The molecule has 1 aromatic carbocycles. The van der Waals surface area contributed by atoms with Gasteiger partial charge in [0.15, 0.2) is 17.5 Å². The molecule has 7 heteroatoms. The smallest absolute Gasteiger partial charge is 0.390 e. The molecule has 0 aliphatic heterocycles. The van der Waals surface area contributed by atoms with Crippen molar-refractivity contribution in [3.05, 3.63) is 35.1 Å². The van der Waals surface area contributed by atoms with Gasteiger partial charge in [-0.25, -0.2) is 13.2 Å². The van der Waals surface area contributed by atoms with E-state index in [-0.39, 0.29) is 18.3 Å². The molecule has 0 amide bonds. The molecule has 0 saturated heterocycles. The van der Waals surface area contributed by atoms with Gasteiger partial charge < -0.3 is 13.6 Å². The molecule has 3 nitrogen and oxygen atoms in total. The molecule has 0 atom stereocenters. The van der Waals surface area contributed by atoms with Crippen molar-refractivity contribution in [3.63, 3.8) is 0 Å². The maximum Gasteiger partial charge on any atom is 0.498 e. The summed E-state index contributed by atoms with van der Waals surface area (Å²) in [5, 5.41) is 0. The molecular formula is C15H23F3O3Si. The number of benzene rings is 1. The number of hydrogen-bond acceptors (Lipinski definition) is 3. The SMILES string of the molecule is CC(C)O[Si](O)(CCCc1cc(F)c(F)c(F)c1)OC(C)C. The highest BCUT2D eigenvalue weighted by Crippen LogP contribution is 2.20. The van der Waals surface area contributed by atoms with E-state index in [4.69, 9.17) is 8.85 Å². The Balaban J connectivity index is 2.66. The Hall–Kier alpha value is -0.893. The van der Waals surface area contributed by atoms with Gasteiger partial charge in [0, 0.05) is 18.3 Å². The van der Waals surface area contributed by atoms with Gasteiger partial charge in [-0.2, -0.15) is 0 Å². The lowest BCUT2D eigenvalue weighted by molar-refractivity contribution is 0.0474. The highest BCUT2D eigenvalue weighted by Gasteiger charge is 2.38. The molecule has 0 fully saturated rings. The van der Waals surface area contributed by atoms with Gasteiger partial charge in [0.1, 0.15) is 0 Å². The topological polar surface area (TPSA) is 38.7 Å². The van der Waals surface area contributed by atoms with Crippen LogP contribution in [0.5, 0.6) is 0 Å². The van der Waals surface area contributed by atoms with Crippen LogP contribution in [0.15, 0.2) is 12.1 Å². The van der Waals surface area contributed by atoms with E-state index in [2.05, 4.69) is 0 Å². The Morgan fingerprint density at radius 1 is 1.00 bits per heavy atom. The zero-order chi connectivity index (χ0) is 16.9. The van der Waals surface area contributed by atoms with Crippen molar-refractivity contribution < 1.29 is 26.8 Å². The lowest BCUT2D eigenvalue weighted by atomic mass is 10.1. The molecule has 0 spiro atoms. The molecule has 0 unspecified atom stereocenters. The van der Waals surface area contributed by atoms with Crippen LogP contribution < -0.4 is 0 Å². The Morgan fingerprint density at radius 3 is 1.86 bits per heavy atom. The molecule has 22 heavy (non-hydrogen) atoms.